The summed E-state index contributed by atoms with van der Waals surface area (Å²) in [4.78, 5) is 1.45. The van der Waals surface area contributed by atoms with E-state index >= 15 is 0 Å². The van der Waals surface area contributed by atoms with Gasteiger partial charge >= 0.3 is 0 Å². The lowest BCUT2D eigenvalue weighted by molar-refractivity contribution is 0.498. The van der Waals surface area contributed by atoms with Crippen molar-refractivity contribution in [1.29, 1.82) is 0 Å². The van der Waals surface area contributed by atoms with E-state index in [-0.39, 0.29) is 0 Å². The highest BCUT2D eigenvalue weighted by atomic mass is 32.2. The van der Waals surface area contributed by atoms with Crippen molar-refractivity contribution in [1.82, 2.24) is 0 Å². The van der Waals surface area contributed by atoms with Crippen LogP contribution in [0, 0.1) is 5.92 Å². The molecular weight excluding hydrogens is 214 g/mol. The van der Waals surface area contributed by atoms with E-state index in [1.54, 1.807) is 0 Å². The molecule has 2 N–H and O–H groups in total. The number of nitrogens with two attached hydrogens (primary N) is 1. The fourth-order valence-corrected chi connectivity index (χ4v) is 3.92. The third kappa shape index (κ3) is 2.14. The van der Waals surface area contributed by atoms with Gasteiger partial charge in [-0.25, -0.2) is 0 Å². The minimum absolute atomic E-state index is 0.372. The molecule has 0 bridgehead atoms. The number of fused-ring (bicyclic) bond motifs is 1. The molecule has 1 heterocycles. The molecule has 1 aliphatic carbocycles. The van der Waals surface area contributed by atoms with Crippen molar-refractivity contribution >= 4 is 11.8 Å². The molecule has 16 heavy (non-hydrogen) atoms. The zero-order valence-corrected chi connectivity index (χ0v) is 10.4. The van der Waals surface area contributed by atoms with Crippen LogP contribution in [0.2, 0.25) is 0 Å². The Labute approximate surface area is 102 Å². The van der Waals surface area contributed by atoms with Gasteiger partial charge in [0.15, 0.2) is 0 Å². The zero-order valence-electron chi connectivity index (χ0n) is 9.56. The van der Waals surface area contributed by atoms with Crippen LogP contribution in [0.3, 0.4) is 0 Å². The van der Waals surface area contributed by atoms with Crippen molar-refractivity contribution < 1.29 is 0 Å². The van der Waals surface area contributed by atoms with Crippen LogP contribution in [-0.2, 0) is 0 Å². The SMILES string of the molecule is NC(CCC1CC1)C1CSc2ccccc21. The summed E-state index contributed by atoms with van der Waals surface area (Å²) in [5.74, 6) is 2.79. The Morgan fingerprint density at radius 1 is 1.31 bits per heavy atom. The van der Waals surface area contributed by atoms with Crippen molar-refractivity contribution in [2.24, 2.45) is 11.7 Å². The van der Waals surface area contributed by atoms with Gasteiger partial charge in [-0.1, -0.05) is 31.0 Å². The van der Waals surface area contributed by atoms with Crippen LogP contribution in [0.15, 0.2) is 29.2 Å². The Morgan fingerprint density at radius 2 is 2.12 bits per heavy atom. The molecule has 1 aromatic carbocycles. The second-order valence-corrected chi connectivity index (χ2v) is 6.20. The Hall–Kier alpha value is -0.470. The van der Waals surface area contributed by atoms with Crippen LogP contribution in [-0.4, -0.2) is 11.8 Å². The van der Waals surface area contributed by atoms with Crippen molar-refractivity contribution in [3.8, 4) is 0 Å². The van der Waals surface area contributed by atoms with Gasteiger partial charge in [0.1, 0.15) is 0 Å². The van der Waals surface area contributed by atoms with E-state index in [4.69, 9.17) is 5.73 Å². The molecule has 2 unspecified atom stereocenters. The average Bonchev–Trinajstić information content (AvgIpc) is 3.04. The molecule has 2 heteroatoms. The van der Waals surface area contributed by atoms with Crippen LogP contribution in [0.4, 0.5) is 0 Å². The molecular formula is C14H19NS. The molecule has 86 valence electrons. The second-order valence-electron chi connectivity index (χ2n) is 5.14. The fraction of sp³-hybridized carbons (Fsp3) is 0.571. The molecule has 1 nitrogen and oxygen atoms in total. The molecule has 0 spiro atoms. The molecule has 0 aromatic heterocycles. The summed E-state index contributed by atoms with van der Waals surface area (Å²) >= 11 is 1.97. The number of rotatable bonds is 4. The maximum atomic E-state index is 6.36. The number of hydrogen-bond donors (Lipinski definition) is 1. The highest BCUT2D eigenvalue weighted by molar-refractivity contribution is 7.99. The molecule has 1 aromatic rings. The van der Waals surface area contributed by atoms with Crippen LogP contribution in [0.5, 0.6) is 0 Å². The Balaban J connectivity index is 1.66. The third-order valence-corrected chi connectivity index (χ3v) is 5.07. The molecule has 2 aliphatic rings. The van der Waals surface area contributed by atoms with E-state index in [2.05, 4.69) is 24.3 Å². The summed E-state index contributed by atoms with van der Waals surface area (Å²) in [6.45, 7) is 0. The topological polar surface area (TPSA) is 26.0 Å². The van der Waals surface area contributed by atoms with E-state index in [0.717, 1.165) is 5.92 Å². The fourth-order valence-electron chi connectivity index (χ4n) is 2.58. The van der Waals surface area contributed by atoms with Crippen LogP contribution in [0.25, 0.3) is 0 Å². The summed E-state index contributed by atoms with van der Waals surface area (Å²) in [5.41, 5.74) is 7.85. The first kappa shape index (κ1) is 10.7. The summed E-state index contributed by atoms with van der Waals surface area (Å²) in [7, 11) is 0. The van der Waals surface area contributed by atoms with E-state index in [9.17, 15) is 0 Å². The molecule has 1 aliphatic heterocycles. The number of benzene rings is 1. The molecule has 0 saturated heterocycles. The smallest absolute Gasteiger partial charge is 0.0116 e. The lowest BCUT2D eigenvalue weighted by Crippen LogP contribution is -2.28. The van der Waals surface area contributed by atoms with Gasteiger partial charge in [0.25, 0.3) is 0 Å². The van der Waals surface area contributed by atoms with E-state index in [1.165, 1.54) is 41.9 Å². The van der Waals surface area contributed by atoms with Crippen LogP contribution in [0.1, 0.15) is 37.2 Å². The lowest BCUT2D eigenvalue weighted by Gasteiger charge is -2.19. The van der Waals surface area contributed by atoms with Crippen LogP contribution >= 0.6 is 11.8 Å². The van der Waals surface area contributed by atoms with Gasteiger partial charge in [-0.05, 0) is 30.4 Å². The first-order chi connectivity index (χ1) is 7.84. The predicted octanol–water partition coefficient (Wildman–Crippen LogP) is 3.39. The van der Waals surface area contributed by atoms with E-state index in [1.807, 2.05) is 11.8 Å². The molecule has 1 saturated carbocycles. The summed E-state index contributed by atoms with van der Waals surface area (Å²) < 4.78 is 0. The zero-order chi connectivity index (χ0) is 11.0. The van der Waals surface area contributed by atoms with Gasteiger partial charge in [0.2, 0.25) is 0 Å². The second kappa shape index (κ2) is 4.42. The molecule has 1 fully saturated rings. The summed E-state index contributed by atoms with van der Waals surface area (Å²) in [5, 5.41) is 0. The Morgan fingerprint density at radius 3 is 2.94 bits per heavy atom. The first-order valence-electron chi connectivity index (χ1n) is 6.32. The minimum Gasteiger partial charge on any atom is -0.327 e. The van der Waals surface area contributed by atoms with Gasteiger partial charge in [-0.3, -0.25) is 0 Å². The minimum atomic E-state index is 0.372. The first-order valence-corrected chi connectivity index (χ1v) is 7.30. The van der Waals surface area contributed by atoms with Crippen molar-refractivity contribution in [3.63, 3.8) is 0 Å². The van der Waals surface area contributed by atoms with Crippen molar-refractivity contribution in [2.75, 3.05) is 5.75 Å². The maximum Gasteiger partial charge on any atom is 0.0116 e. The third-order valence-electron chi connectivity index (χ3n) is 3.86. The van der Waals surface area contributed by atoms with Gasteiger partial charge in [-0.2, -0.15) is 0 Å². The van der Waals surface area contributed by atoms with Gasteiger partial charge in [0.05, 0.1) is 0 Å². The van der Waals surface area contributed by atoms with Gasteiger partial charge < -0.3 is 5.73 Å². The highest BCUT2D eigenvalue weighted by Gasteiger charge is 2.29. The quantitative estimate of drug-likeness (QED) is 0.862. The normalized spacial score (nSPS) is 25.4. The van der Waals surface area contributed by atoms with E-state index in [0.29, 0.717) is 12.0 Å². The summed E-state index contributed by atoms with van der Waals surface area (Å²) in [6, 6.07) is 9.14. The molecule has 3 rings (SSSR count). The van der Waals surface area contributed by atoms with Gasteiger partial charge in [-0.15, -0.1) is 11.8 Å². The molecule has 0 radical (unpaired) electrons. The number of hydrogen-bond acceptors (Lipinski definition) is 2. The molecule has 2 atom stereocenters. The van der Waals surface area contributed by atoms with Crippen molar-refractivity contribution in [2.45, 2.75) is 42.5 Å². The van der Waals surface area contributed by atoms with E-state index < -0.39 is 0 Å². The predicted molar refractivity (Wildman–Crippen MR) is 69.8 cm³/mol. The maximum absolute atomic E-state index is 6.36. The van der Waals surface area contributed by atoms with Gasteiger partial charge in [0, 0.05) is 22.6 Å². The monoisotopic (exact) mass is 233 g/mol. The largest absolute Gasteiger partial charge is 0.327 e. The Kier molecular flexibility index (Phi) is 2.95. The Bertz CT molecular complexity index is 373. The lowest BCUT2D eigenvalue weighted by atomic mass is 9.90. The number of thioether (sulfide) groups is 1. The van der Waals surface area contributed by atoms with Crippen molar-refractivity contribution in [3.05, 3.63) is 29.8 Å². The summed E-state index contributed by atoms with van der Waals surface area (Å²) in [6.07, 6.45) is 5.46. The highest BCUT2D eigenvalue weighted by Crippen LogP contribution is 2.42. The van der Waals surface area contributed by atoms with Crippen LogP contribution < -0.4 is 5.73 Å². The molecule has 0 amide bonds. The standard InChI is InChI=1S/C14H19NS/c15-13(8-7-10-5-6-10)12-9-16-14-4-2-1-3-11(12)14/h1-4,10,12-13H,5-9,15H2. The average molecular weight is 233 g/mol.